The lowest BCUT2D eigenvalue weighted by molar-refractivity contribution is 0.0491. The smallest absolute Gasteiger partial charge is 0.241 e. The topological polar surface area (TPSA) is 70.3 Å². The average Bonchev–Trinajstić information content (AvgIpc) is 2.32. The van der Waals surface area contributed by atoms with E-state index in [1.807, 2.05) is 0 Å². The highest BCUT2D eigenvalue weighted by atomic mass is 35.5. The fraction of sp³-hybridized carbons (Fsp3) is 0.600. The van der Waals surface area contributed by atoms with Crippen LogP contribution >= 0.6 is 11.6 Å². The molecule has 0 unspecified atom stereocenters. The van der Waals surface area contributed by atoms with Gasteiger partial charge in [-0.1, -0.05) is 11.6 Å². The second-order valence-electron chi connectivity index (χ2n) is 3.75. The summed E-state index contributed by atoms with van der Waals surface area (Å²) in [5, 5.41) is 0.233. The van der Waals surface area contributed by atoms with E-state index in [0.717, 1.165) is 26.1 Å². The van der Waals surface area contributed by atoms with Crippen LogP contribution in [0.2, 0.25) is 5.15 Å². The highest BCUT2D eigenvalue weighted by Gasteiger charge is 2.16. The summed E-state index contributed by atoms with van der Waals surface area (Å²) in [6, 6.07) is 0. The zero-order valence-electron chi connectivity index (χ0n) is 8.86. The van der Waals surface area contributed by atoms with Crippen molar-refractivity contribution >= 4 is 17.3 Å². The van der Waals surface area contributed by atoms with Crippen LogP contribution in [0.15, 0.2) is 6.33 Å². The Kier molecular flexibility index (Phi) is 3.79. The van der Waals surface area contributed by atoms with E-state index in [2.05, 4.69) is 9.97 Å². The minimum atomic E-state index is 0.233. The Balaban J connectivity index is 1.91. The predicted octanol–water partition coefficient (Wildman–Crippen LogP) is 1.52. The number of rotatable bonds is 3. The molecule has 5 nitrogen and oxygen atoms in total. The van der Waals surface area contributed by atoms with Gasteiger partial charge in [0.25, 0.3) is 0 Å². The first-order valence-corrected chi connectivity index (χ1v) is 5.61. The van der Waals surface area contributed by atoms with Crippen LogP contribution < -0.4 is 10.5 Å². The van der Waals surface area contributed by atoms with Crippen LogP contribution in [-0.4, -0.2) is 29.8 Å². The van der Waals surface area contributed by atoms with Crippen LogP contribution in [0.25, 0.3) is 0 Å². The fourth-order valence-electron chi connectivity index (χ4n) is 1.58. The van der Waals surface area contributed by atoms with Crippen molar-refractivity contribution in [1.82, 2.24) is 9.97 Å². The van der Waals surface area contributed by atoms with Crippen LogP contribution in [-0.2, 0) is 4.74 Å². The van der Waals surface area contributed by atoms with E-state index in [4.69, 9.17) is 26.8 Å². The molecule has 1 aliphatic rings. The van der Waals surface area contributed by atoms with Crippen LogP contribution in [0.4, 0.5) is 5.69 Å². The molecule has 1 aliphatic heterocycles. The normalized spacial score (nSPS) is 17.3. The number of nitrogens with zero attached hydrogens (tertiary/aromatic N) is 2. The summed E-state index contributed by atoms with van der Waals surface area (Å²) in [6.45, 7) is 2.20. The first-order chi connectivity index (χ1) is 7.77. The first kappa shape index (κ1) is 11.4. The van der Waals surface area contributed by atoms with E-state index in [0.29, 0.717) is 24.1 Å². The van der Waals surface area contributed by atoms with Crippen molar-refractivity contribution in [3.05, 3.63) is 11.5 Å². The van der Waals surface area contributed by atoms with Gasteiger partial charge in [0.15, 0.2) is 5.15 Å². The highest BCUT2D eigenvalue weighted by molar-refractivity contribution is 6.32. The van der Waals surface area contributed by atoms with Crippen LogP contribution in [0, 0.1) is 5.92 Å². The number of anilines is 1. The molecule has 1 aromatic rings. The van der Waals surface area contributed by atoms with Gasteiger partial charge in [0.2, 0.25) is 5.88 Å². The molecule has 2 rings (SSSR count). The third-order valence-corrected chi connectivity index (χ3v) is 2.90. The molecular weight excluding hydrogens is 230 g/mol. The number of nitrogen functional groups attached to an aromatic ring is 1. The van der Waals surface area contributed by atoms with Gasteiger partial charge in [-0.15, -0.1) is 0 Å². The van der Waals surface area contributed by atoms with Crippen molar-refractivity contribution in [2.75, 3.05) is 25.6 Å². The summed E-state index contributed by atoms with van der Waals surface area (Å²) in [5.74, 6) is 0.869. The molecule has 0 spiro atoms. The maximum atomic E-state index is 5.76. The average molecular weight is 244 g/mol. The summed E-state index contributed by atoms with van der Waals surface area (Å²) < 4.78 is 10.8. The standard InChI is InChI=1S/C10H14ClN3O2/c11-9-8(12)10(14-6-13-9)16-5-7-1-3-15-4-2-7/h6-7H,1-5,12H2. The summed E-state index contributed by atoms with van der Waals surface area (Å²) >= 11 is 5.76. The van der Waals surface area contributed by atoms with E-state index in [1.54, 1.807) is 0 Å². The lowest BCUT2D eigenvalue weighted by Crippen LogP contribution is -2.22. The summed E-state index contributed by atoms with van der Waals surface area (Å²) in [5.41, 5.74) is 5.99. The molecule has 0 bridgehead atoms. The SMILES string of the molecule is Nc1c(Cl)ncnc1OCC1CCOCC1. The number of aromatic nitrogens is 2. The molecule has 1 aromatic heterocycles. The van der Waals surface area contributed by atoms with Gasteiger partial charge in [-0.3, -0.25) is 0 Å². The van der Waals surface area contributed by atoms with Gasteiger partial charge in [-0.05, 0) is 18.8 Å². The summed E-state index contributed by atoms with van der Waals surface area (Å²) in [7, 11) is 0. The molecular formula is C10H14ClN3O2. The van der Waals surface area contributed by atoms with E-state index in [9.17, 15) is 0 Å². The molecule has 0 saturated carbocycles. The van der Waals surface area contributed by atoms with Gasteiger partial charge in [-0.25, -0.2) is 4.98 Å². The van der Waals surface area contributed by atoms with Crippen molar-refractivity contribution in [3.8, 4) is 5.88 Å². The maximum absolute atomic E-state index is 5.76. The Hall–Kier alpha value is -1.07. The maximum Gasteiger partial charge on any atom is 0.241 e. The number of hydrogen-bond acceptors (Lipinski definition) is 5. The third-order valence-electron chi connectivity index (χ3n) is 2.60. The summed E-state index contributed by atoms with van der Waals surface area (Å²) in [4.78, 5) is 7.71. The largest absolute Gasteiger partial charge is 0.476 e. The lowest BCUT2D eigenvalue weighted by atomic mass is 10.0. The lowest BCUT2D eigenvalue weighted by Gasteiger charge is -2.21. The molecule has 88 valence electrons. The Bertz CT molecular complexity index is 356. The number of ether oxygens (including phenoxy) is 2. The molecule has 0 aromatic carbocycles. The number of hydrogen-bond donors (Lipinski definition) is 1. The van der Waals surface area contributed by atoms with E-state index < -0.39 is 0 Å². The van der Waals surface area contributed by atoms with Crippen LogP contribution in [0.3, 0.4) is 0 Å². The number of nitrogens with two attached hydrogens (primary N) is 1. The van der Waals surface area contributed by atoms with Crippen molar-refractivity contribution in [3.63, 3.8) is 0 Å². The van der Waals surface area contributed by atoms with Crippen LogP contribution in [0.5, 0.6) is 5.88 Å². The minimum Gasteiger partial charge on any atom is -0.476 e. The quantitative estimate of drug-likeness (QED) is 0.815. The predicted molar refractivity (Wildman–Crippen MR) is 60.5 cm³/mol. The molecule has 1 saturated heterocycles. The Labute approximate surface area is 98.9 Å². The fourth-order valence-corrected chi connectivity index (χ4v) is 1.71. The zero-order chi connectivity index (χ0) is 11.4. The molecule has 0 radical (unpaired) electrons. The van der Waals surface area contributed by atoms with E-state index in [1.165, 1.54) is 6.33 Å². The highest BCUT2D eigenvalue weighted by Crippen LogP contribution is 2.25. The van der Waals surface area contributed by atoms with Gasteiger partial charge in [0.05, 0.1) is 6.61 Å². The van der Waals surface area contributed by atoms with Crippen LogP contribution in [0.1, 0.15) is 12.8 Å². The Morgan fingerprint density at radius 2 is 2.19 bits per heavy atom. The molecule has 1 fully saturated rings. The molecule has 0 aliphatic carbocycles. The van der Waals surface area contributed by atoms with E-state index in [-0.39, 0.29) is 5.15 Å². The molecule has 16 heavy (non-hydrogen) atoms. The third kappa shape index (κ3) is 2.74. The van der Waals surface area contributed by atoms with E-state index >= 15 is 0 Å². The molecule has 0 amide bonds. The Morgan fingerprint density at radius 1 is 1.44 bits per heavy atom. The van der Waals surface area contributed by atoms with Gasteiger partial charge < -0.3 is 15.2 Å². The first-order valence-electron chi connectivity index (χ1n) is 5.24. The monoisotopic (exact) mass is 243 g/mol. The summed E-state index contributed by atoms with van der Waals surface area (Å²) in [6.07, 6.45) is 3.37. The van der Waals surface area contributed by atoms with Gasteiger partial charge in [-0.2, -0.15) is 4.98 Å². The van der Waals surface area contributed by atoms with Crippen molar-refractivity contribution in [2.45, 2.75) is 12.8 Å². The van der Waals surface area contributed by atoms with Gasteiger partial charge >= 0.3 is 0 Å². The molecule has 0 atom stereocenters. The molecule has 2 N–H and O–H groups in total. The number of halogens is 1. The van der Waals surface area contributed by atoms with Gasteiger partial charge in [0.1, 0.15) is 12.0 Å². The Morgan fingerprint density at radius 3 is 2.94 bits per heavy atom. The van der Waals surface area contributed by atoms with Crippen molar-refractivity contribution in [2.24, 2.45) is 5.92 Å². The van der Waals surface area contributed by atoms with Gasteiger partial charge in [0, 0.05) is 13.2 Å². The minimum absolute atomic E-state index is 0.233. The van der Waals surface area contributed by atoms with Crippen molar-refractivity contribution in [1.29, 1.82) is 0 Å². The zero-order valence-corrected chi connectivity index (χ0v) is 9.61. The molecule has 2 heterocycles. The second kappa shape index (κ2) is 5.32. The second-order valence-corrected chi connectivity index (χ2v) is 4.11. The molecule has 6 heteroatoms. The van der Waals surface area contributed by atoms with Crippen molar-refractivity contribution < 1.29 is 9.47 Å².